The number of aliphatic hydroxyl groups is 1. The van der Waals surface area contributed by atoms with E-state index in [-0.39, 0.29) is 30.9 Å². The van der Waals surface area contributed by atoms with Crippen LogP contribution < -0.4 is 5.32 Å². The molecule has 19 heavy (non-hydrogen) atoms. The Labute approximate surface area is 127 Å². The summed E-state index contributed by atoms with van der Waals surface area (Å²) >= 11 is 3.22. The number of nitrogens with zero attached hydrogens (tertiary/aromatic N) is 1. The number of hydrogen-bond donors (Lipinski definition) is 2. The van der Waals surface area contributed by atoms with Crippen molar-refractivity contribution in [2.24, 2.45) is 0 Å². The van der Waals surface area contributed by atoms with E-state index in [1.165, 1.54) is 0 Å². The zero-order valence-corrected chi connectivity index (χ0v) is 13.0. The third kappa shape index (κ3) is 4.13. The molecule has 3 nitrogen and oxygen atoms in total. The molecule has 0 radical (unpaired) electrons. The first-order chi connectivity index (χ1) is 8.74. The fourth-order valence-electron chi connectivity index (χ4n) is 2.43. The third-order valence-corrected chi connectivity index (χ3v) is 3.95. The Bertz CT molecular complexity index is 402. The summed E-state index contributed by atoms with van der Waals surface area (Å²) in [7, 11) is 0. The molecule has 1 atom stereocenters. The van der Waals surface area contributed by atoms with Gasteiger partial charge in [-0.25, -0.2) is 4.39 Å². The van der Waals surface area contributed by atoms with E-state index in [2.05, 4.69) is 26.1 Å². The van der Waals surface area contributed by atoms with E-state index in [1.807, 2.05) is 12.1 Å². The molecule has 0 saturated carbocycles. The highest BCUT2D eigenvalue weighted by Crippen LogP contribution is 2.30. The highest BCUT2D eigenvalue weighted by Gasteiger charge is 2.24. The molecule has 0 bridgehead atoms. The van der Waals surface area contributed by atoms with Gasteiger partial charge < -0.3 is 10.4 Å². The first-order valence-corrected chi connectivity index (χ1v) is 7.03. The van der Waals surface area contributed by atoms with Gasteiger partial charge in [-0.15, -0.1) is 12.4 Å². The summed E-state index contributed by atoms with van der Waals surface area (Å²) in [4.78, 5) is 2.23. The second-order valence-electron chi connectivity index (χ2n) is 4.46. The van der Waals surface area contributed by atoms with Gasteiger partial charge in [-0.3, -0.25) is 4.90 Å². The van der Waals surface area contributed by atoms with Crippen LogP contribution in [-0.4, -0.2) is 42.8 Å². The van der Waals surface area contributed by atoms with Crippen LogP contribution in [0.2, 0.25) is 0 Å². The minimum atomic E-state index is -0.213. The van der Waals surface area contributed by atoms with Gasteiger partial charge in [0.15, 0.2) is 0 Å². The summed E-state index contributed by atoms with van der Waals surface area (Å²) in [5.74, 6) is -0.213. The predicted octanol–water partition coefficient (Wildman–Crippen LogP) is 2.34. The standard InChI is InChI=1S/C13H18BrFN2O.ClH/c14-11-3-1-2-10(13(11)15)12(4-9-18)17-7-5-16-6-8-17;/h1-3,12,16,18H,4-9H2;1H/t12-;/m1./s1. The van der Waals surface area contributed by atoms with Crippen molar-refractivity contribution in [3.8, 4) is 0 Å². The minimum absolute atomic E-state index is 0. The van der Waals surface area contributed by atoms with Crippen LogP contribution in [0.3, 0.4) is 0 Å². The van der Waals surface area contributed by atoms with E-state index < -0.39 is 0 Å². The molecule has 0 amide bonds. The molecule has 0 unspecified atom stereocenters. The van der Waals surface area contributed by atoms with Crippen LogP contribution in [0.25, 0.3) is 0 Å². The number of benzene rings is 1. The van der Waals surface area contributed by atoms with Gasteiger partial charge in [0, 0.05) is 44.4 Å². The van der Waals surface area contributed by atoms with Crippen LogP contribution in [0.15, 0.2) is 22.7 Å². The number of rotatable bonds is 4. The average molecular weight is 354 g/mol. The lowest BCUT2D eigenvalue weighted by molar-refractivity contribution is 0.138. The Kier molecular flexibility index (Phi) is 7.25. The smallest absolute Gasteiger partial charge is 0.142 e. The molecular formula is C13H19BrClFN2O. The summed E-state index contributed by atoms with van der Waals surface area (Å²) in [6, 6.07) is 5.30. The van der Waals surface area contributed by atoms with Crippen LogP contribution in [0, 0.1) is 5.82 Å². The lowest BCUT2D eigenvalue weighted by Crippen LogP contribution is -2.45. The first-order valence-electron chi connectivity index (χ1n) is 6.23. The molecular weight excluding hydrogens is 335 g/mol. The summed E-state index contributed by atoms with van der Waals surface area (Å²) in [6.45, 7) is 3.67. The van der Waals surface area contributed by atoms with Gasteiger partial charge >= 0.3 is 0 Å². The number of hydrogen-bond acceptors (Lipinski definition) is 3. The van der Waals surface area contributed by atoms with Crippen molar-refractivity contribution in [1.82, 2.24) is 10.2 Å². The Hall–Kier alpha value is -0.200. The van der Waals surface area contributed by atoms with Gasteiger partial charge in [-0.2, -0.15) is 0 Å². The molecule has 1 aliphatic rings. The molecule has 2 rings (SSSR count). The second-order valence-corrected chi connectivity index (χ2v) is 5.31. The van der Waals surface area contributed by atoms with Crippen molar-refractivity contribution in [3.63, 3.8) is 0 Å². The fraction of sp³-hybridized carbons (Fsp3) is 0.538. The van der Waals surface area contributed by atoms with E-state index in [9.17, 15) is 9.50 Å². The van der Waals surface area contributed by atoms with Crippen molar-refractivity contribution in [1.29, 1.82) is 0 Å². The molecule has 1 heterocycles. The lowest BCUT2D eigenvalue weighted by Gasteiger charge is -2.35. The van der Waals surface area contributed by atoms with E-state index in [0.29, 0.717) is 16.5 Å². The van der Waals surface area contributed by atoms with Crippen molar-refractivity contribution in [2.45, 2.75) is 12.5 Å². The summed E-state index contributed by atoms with van der Waals surface area (Å²) in [6.07, 6.45) is 0.563. The van der Waals surface area contributed by atoms with Crippen molar-refractivity contribution in [3.05, 3.63) is 34.1 Å². The fourth-order valence-corrected chi connectivity index (χ4v) is 2.81. The van der Waals surface area contributed by atoms with Gasteiger partial charge in [0.25, 0.3) is 0 Å². The van der Waals surface area contributed by atoms with Crippen LogP contribution in [0.1, 0.15) is 18.0 Å². The van der Waals surface area contributed by atoms with Crippen molar-refractivity contribution >= 4 is 28.3 Å². The Morgan fingerprint density at radius 3 is 2.68 bits per heavy atom. The van der Waals surface area contributed by atoms with Crippen LogP contribution in [0.4, 0.5) is 4.39 Å². The molecule has 2 N–H and O–H groups in total. The van der Waals surface area contributed by atoms with Crippen molar-refractivity contribution < 1.29 is 9.50 Å². The molecule has 1 aromatic rings. The SMILES string of the molecule is Cl.OCC[C@H](c1cccc(Br)c1F)N1CCNCC1. The second kappa shape index (κ2) is 8.17. The van der Waals surface area contributed by atoms with Crippen LogP contribution in [-0.2, 0) is 0 Å². The topological polar surface area (TPSA) is 35.5 Å². The zero-order valence-electron chi connectivity index (χ0n) is 10.6. The average Bonchev–Trinajstić information content (AvgIpc) is 2.41. The quantitative estimate of drug-likeness (QED) is 0.872. The van der Waals surface area contributed by atoms with Gasteiger partial charge in [0.2, 0.25) is 0 Å². The zero-order chi connectivity index (χ0) is 13.0. The third-order valence-electron chi connectivity index (χ3n) is 3.34. The monoisotopic (exact) mass is 352 g/mol. The summed E-state index contributed by atoms with van der Waals surface area (Å²) in [5.41, 5.74) is 0.667. The predicted molar refractivity (Wildman–Crippen MR) is 80.2 cm³/mol. The Balaban J connectivity index is 0.00000180. The molecule has 0 aliphatic carbocycles. The molecule has 6 heteroatoms. The number of nitrogens with one attached hydrogen (secondary N) is 1. The number of aliphatic hydroxyl groups excluding tert-OH is 1. The minimum Gasteiger partial charge on any atom is -0.396 e. The molecule has 0 spiro atoms. The van der Waals surface area contributed by atoms with Gasteiger partial charge in [0.1, 0.15) is 5.82 Å². The Morgan fingerprint density at radius 2 is 2.05 bits per heavy atom. The largest absolute Gasteiger partial charge is 0.396 e. The molecule has 1 fully saturated rings. The number of halogens is 3. The lowest BCUT2D eigenvalue weighted by atomic mass is 10.0. The number of piperazine rings is 1. The van der Waals surface area contributed by atoms with Gasteiger partial charge in [-0.05, 0) is 28.4 Å². The van der Waals surface area contributed by atoms with E-state index in [0.717, 1.165) is 26.2 Å². The maximum Gasteiger partial charge on any atom is 0.142 e. The summed E-state index contributed by atoms with van der Waals surface area (Å²) in [5, 5.41) is 12.5. The summed E-state index contributed by atoms with van der Waals surface area (Å²) < 4.78 is 14.6. The maximum absolute atomic E-state index is 14.2. The molecule has 108 valence electrons. The van der Waals surface area contributed by atoms with Crippen molar-refractivity contribution in [2.75, 3.05) is 32.8 Å². The Morgan fingerprint density at radius 1 is 1.37 bits per heavy atom. The van der Waals surface area contributed by atoms with E-state index in [1.54, 1.807) is 6.07 Å². The molecule has 1 aromatic carbocycles. The molecule has 1 saturated heterocycles. The maximum atomic E-state index is 14.2. The van der Waals surface area contributed by atoms with E-state index >= 15 is 0 Å². The highest BCUT2D eigenvalue weighted by atomic mass is 79.9. The molecule has 1 aliphatic heterocycles. The molecule has 0 aromatic heterocycles. The van der Waals surface area contributed by atoms with Crippen LogP contribution in [0.5, 0.6) is 0 Å². The highest BCUT2D eigenvalue weighted by molar-refractivity contribution is 9.10. The normalized spacial score (nSPS) is 17.8. The van der Waals surface area contributed by atoms with E-state index in [4.69, 9.17) is 0 Å². The van der Waals surface area contributed by atoms with Crippen LogP contribution >= 0.6 is 28.3 Å². The first kappa shape index (κ1) is 16.9. The van der Waals surface area contributed by atoms with Gasteiger partial charge in [0.05, 0.1) is 4.47 Å². The van der Waals surface area contributed by atoms with Gasteiger partial charge in [-0.1, -0.05) is 12.1 Å².